The lowest BCUT2D eigenvalue weighted by Crippen LogP contribution is -2.35. The highest BCUT2D eigenvalue weighted by atomic mass is 16.5. The van der Waals surface area contributed by atoms with Crippen molar-refractivity contribution >= 4 is 17.5 Å². The number of nitrogens with one attached hydrogen (secondary N) is 1. The number of fused-ring (bicyclic) bond motifs is 1. The molecule has 0 aliphatic carbocycles. The highest BCUT2D eigenvalue weighted by Gasteiger charge is 2.23. The van der Waals surface area contributed by atoms with Crippen molar-refractivity contribution in [1.29, 1.82) is 0 Å². The zero-order valence-corrected chi connectivity index (χ0v) is 17.4. The van der Waals surface area contributed by atoms with Gasteiger partial charge in [0.25, 0.3) is 5.91 Å². The molecule has 3 aromatic carbocycles. The normalized spacial score (nSPS) is 12.7. The number of carbonyl (C=O) groups excluding carboxylic acids is 2. The van der Waals surface area contributed by atoms with Gasteiger partial charge in [0.15, 0.2) is 0 Å². The summed E-state index contributed by atoms with van der Waals surface area (Å²) in [5, 5.41) is 2.90. The molecule has 0 saturated carbocycles. The third-order valence-electron chi connectivity index (χ3n) is 5.39. The Bertz CT molecular complexity index is 1030. The van der Waals surface area contributed by atoms with Crippen LogP contribution in [0, 0.1) is 0 Å². The van der Waals surface area contributed by atoms with E-state index in [-0.39, 0.29) is 11.8 Å². The van der Waals surface area contributed by atoms with Crippen LogP contribution in [0.2, 0.25) is 0 Å². The van der Waals surface area contributed by atoms with E-state index < -0.39 is 0 Å². The van der Waals surface area contributed by atoms with Gasteiger partial charge < -0.3 is 15.0 Å². The van der Waals surface area contributed by atoms with E-state index >= 15 is 0 Å². The molecule has 0 unspecified atom stereocenters. The van der Waals surface area contributed by atoms with Crippen molar-refractivity contribution in [3.63, 3.8) is 0 Å². The Hall–Kier alpha value is -3.60. The first-order chi connectivity index (χ1) is 15.2. The first kappa shape index (κ1) is 20.7. The van der Waals surface area contributed by atoms with Gasteiger partial charge in [-0.2, -0.15) is 0 Å². The number of nitrogens with zero attached hydrogens (tertiary/aromatic N) is 1. The van der Waals surface area contributed by atoms with Gasteiger partial charge in [0.1, 0.15) is 5.75 Å². The van der Waals surface area contributed by atoms with Gasteiger partial charge in [-0.1, -0.05) is 48.5 Å². The second-order valence-electron chi connectivity index (χ2n) is 7.57. The van der Waals surface area contributed by atoms with Crippen molar-refractivity contribution in [2.24, 2.45) is 0 Å². The highest BCUT2D eigenvalue weighted by molar-refractivity contribution is 6.06. The van der Waals surface area contributed by atoms with E-state index in [9.17, 15) is 9.59 Å². The van der Waals surface area contributed by atoms with Gasteiger partial charge in [0, 0.05) is 24.3 Å². The molecule has 1 heterocycles. The molecule has 0 radical (unpaired) electrons. The van der Waals surface area contributed by atoms with Crippen LogP contribution in [0.3, 0.4) is 0 Å². The molecule has 5 nitrogen and oxygen atoms in total. The van der Waals surface area contributed by atoms with Crippen molar-refractivity contribution in [3.05, 3.63) is 95.6 Å². The molecule has 4 rings (SSSR count). The van der Waals surface area contributed by atoms with Gasteiger partial charge in [-0.05, 0) is 54.3 Å². The van der Waals surface area contributed by atoms with Gasteiger partial charge >= 0.3 is 0 Å². The largest absolute Gasteiger partial charge is 0.493 e. The van der Waals surface area contributed by atoms with Crippen LogP contribution in [-0.2, 0) is 17.8 Å². The number of carbonyl (C=O) groups is 2. The maximum absolute atomic E-state index is 13.0. The molecule has 1 N–H and O–H groups in total. The number of rotatable bonds is 7. The second kappa shape index (κ2) is 9.94. The molecule has 1 aliphatic heterocycles. The number of hydrogen-bond donors (Lipinski definition) is 1. The molecule has 0 bridgehead atoms. The first-order valence-electron chi connectivity index (χ1n) is 10.6. The Balaban J connectivity index is 1.27. The number of aryl methyl sites for hydroxylation is 1. The molecule has 0 spiro atoms. The van der Waals surface area contributed by atoms with E-state index in [1.807, 2.05) is 77.7 Å². The summed E-state index contributed by atoms with van der Waals surface area (Å²) in [4.78, 5) is 26.9. The molecule has 1 aliphatic rings. The van der Waals surface area contributed by atoms with Crippen molar-refractivity contribution in [3.8, 4) is 5.75 Å². The Kier molecular flexibility index (Phi) is 6.62. The van der Waals surface area contributed by atoms with Crippen LogP contribution in [0.4, 0.5) is 5.69 Å². The Labute approximate surface area is 182 Å². The zero-order chi connectivity index (χ0) is 21.5. The number of ether oxygens (including phenoxy) is 1. The van der Waals surface area contributed by atoms with Crippen molar-refractivity contribution in [2.75, 3.05) is 18.1 Å². The van der Waals surface area contributed by atoms with Crippen LogP contribution in [0.1, 0.15) is 34.3 Å². The van der Waals surface area contributed by atoms with E-state index in [0.29, 0.717) is 25.1 Å². The fourth-order valence-corrected chi connectivity index (χ4v) is 3.73. The average molecular weight is 415 g/mol. The molecule has 5 heteroatoms. The number of amides is 2. The van der Waals surface area contributed by atoms with Crippen LogP contribution in [0.15, 0.2) is 78.9 Å². The van der Waals surface area contributed by atoms with Crippen LogP contribution in [-0.4, -0.2) is 25.0 Å². The Morgan fingerprint density at radius 2 is 1.65 bits per heavy atom. The van der Waals surface area contributed by atoms with Crippen molar-refractivity contribution in [1.82, 2.24) is 5.32 Å². The second-order valence-corrected chi connectivity index (χ2v) is 7.57. The highest BCUT2D eigenvalue weighted by Crippen LogP contribution is 2.28. The standard InChI is InChI=1S/C26H26N2O3/c29-25(16-18-31-23-9-2-1-3-10-23)27-19-20-12-14-22(15-13-20)26(30)28-17-6-8-21-7-4-5-11-24(21)28/h1-5,7,9-15H,6,8,16-19H2,(H,27,29). The summed E-state index contributed by atoms with van der Waals surface area (Å²) in [6, 6.07) is 25.0. The van der Waals surface area contributed by atoms with Gasteiger partial charge in [-0.3, -0.25) is 9.59 Å². The molecule has 2 amide bonds. The SMILES string of the molecule is O=C(CCOc1ccccc1)NCc1ccc(C(=O)N2CCCc3ccccc32)cc1. The Morgan fingerprint density at radius 1 is 0.903 bits per heavy atom. The molecule has 0 aromatic heterocycles. The summed E-state index contributed by atoms with van der Waals surface area (Å²) in [7, 11) is 0. The van der Waals surface area contributed by atoms with Crippen molar-refractivity contribution < 1.29 is 14.3 Å². The van der Waals surface area contributed by atoms with Crippen LogP contribution in [0.5, 0.6) is 5.75 Å². The summed E-state index contributed by atoms with van der Waals surface area (Å²) in [5.74, 6) is 0.702. The summed E-state index contributed by atoms with van der Waals surface area (Å²) < 4.78 is 5.55. The summed E-state index contributed by atoms with van der Waals surface area (Å²) >= 11 is 0. The van der Waals surface area contributed by atoms with Crippen LogP contribution < -0.4 is 15.0 Å². The smallest absolute Gasteiger partial charge is 0.258 e. The minimum absolute atomic E-state index is 0.0146. The molecule has 3 aromatic rings. The van der Waals surface area contributed by atoms with E-state index in [1.54, 1.807) is 0 Å². The third-order valence-corrected chi connectivity index (χ3v) is 5.39. The van der Waals surface area contributed by atoms with E-state index in [0.717, 1.165) is 36.4 Å². The van der Waals surface area contributed by atoms with Crippen molar-refractivity contribution in [2.45, 2.75) is 25.8 Å². The van der Waals surface area contributed by atoms with E-state index in [4.69, 9.17) is 4.74 Å². The third kappa shape index (κ3) is 5.31. The lowest BCUT2D eigenvalue weighted by Gasteiger charge is -2.29. The zero-order valence-electron chi connectivity index (χ0n) is 17.4. The summed E-state index contributed by atoms with van der Waals surface area (Å²) in [6.45, 7) is 1.49. The minimum Gasteiger partial charge on any atom is -0.493 e. The lowest BCUT2D eigenvalue weighted by atomic mass is 10.0. The summed E-state index contributed by atoms with van der Waals surface area (Å²) in [6.07, 6.45) is 2.27. The number of benzene rings is 3. The van der Waals surface area contributed by atoms with Gasteiger partial charge in [0.2, 0.25) is 5.91 Å². The number of hydrogen-bond acceptors (Lipinski definition) is 3. The predicted molar refractivity (Wildman–Crippen MR) is 121 cm³/mol. The fraction of sp³-hybridized carbons (Fsp3) is 0.231. The fourth-order valence-electron chi connectivity index (χ4n) is 3.73. The predicted octanol–water partition coefficient (Wildman–Crippen LogP) is 4.36. The molecule has 0 atom stereocenters. The quantitative estimate of drug-likeness (QED) is 0.625. The van der Waals surface area contributed by atoms with Gasteiger partial charge in [-0.25, -0.2) is 0 Å². The molecule has 0 fully saturated rings. The van der Waals surface area contributed by atoms with Crippen LogP contribution >= 0.6 is 0 Å². The summed E-state index contributed by atoms with van der Waals surface area (Å²) in [5.41, 5.74) is 3.83. The molecule has 31 heavy (non-hydrogen) atoms. The average Bonchev–Trinajstić information content (AvgIpc) is 2.83. The number of anilines is 1. The number of para-hydroxylation sites is 2. The van der Waals surface area contributed by atoms with Gasteiger partial charge in [0.05, 0.1) is 13.0 Å². The maximum atomic E-state index is 13.0. The minimum atomic E-state index is -0.0685. The molecule has 158 valence electrons. The first-order valence-corrected chi connectivity index (χ1v) is 10.6. The van der Waals surface area contributed by atoms with E-state index in [1.165, 1.54) is 5.56 Å². The monoisotopic (exact) mass is 414 g/mol. The molecular formula is C26H26N2O3. The van der Waals surface area contributed by atoms with E-state index in [2.05, 4.69) is 11.4 Å². The van der Waals surface area contributed by atoms with Gasteiger partial charge in [-0.15, -0.1) is 0 Å². The van der Waals surface area contributed by atoms with Crippen LogP contribution in [0.25, 0.3) is 0 Å². The topological polar surface area (TPSA) is 58.6 Å². The molecule has 0 saturated heterocycles. The lowest BCUT2D eigenvalue weighted by molar-refractivity contribution is -0.121. The Morgan fingerprint density at radius 3 is 2.45 bits per heavy atom. The maximum Gasteiger partial charge on any atom is 0.258 e. The molecular weight excluding hydrogens is 388 g/mol.